The first-order valence-electron chi connectivity index (χ1n) is 6.00. The van der Waals surface area contributed by atoms with Crippen LogP contribution in [0.3, 0.4) is 0 Å². The Bertz CT molecular complexity index is 662. The van der Waals surface area contributed by atoms with Crippen LogP contribution in [0.4, 0.5) is 0 Å². The zero-order chi connectivity index (χ0) is 12.4. The molecule has 0 aliphatic heterocycles. The fourth-order valence-electron chi connectivity index (χ4n) is 2.10. The Hall–Kier alpha value is -2.19. The molecule has 0 aliphatic rings. The van der Waals surface area contributed by atoms with Crippen molar-refractivity contribution < 1.29 is 0 Å². The van der Waals surface area contributed by atoms with Crippen molar-refractivity contribution in [2.45, 2.75) is 6.04 Å². The fraction of sp³-hybridized carbons (Fsp3) is 0.0625. The van der Waals surface area contributed by atoms with E-state index in [1.165, 1.54) is 5.39 Å². The lowest BCUT2D eigenvalue weighted by Gasteiger charge is -2.12. The van der Waals surface area contributed by atoms with E-state index in [4.69, 9.17) is 5.73 Å². The van der Waals surface area contributed by atoms with Crippen molar-refractivity contribution in [2.24, 2.45) is 5.73 Å². The number of hydrogen-bond donors (Lipinski definition) is 1. The summed E-state index contributed by atoms with van der Waals surface area (Å²) in [5.74, 6) is 0. The molecule has 1 unspecified atom stereocenters. The third-order valence-electron chi connectivity index (χ3n) is 3.13. The predicted octanol–water partition coefficient (Wildman–Crippen LogP) is 3.28. The maximum atomic E-state index is 6.24. The van der Waals surface area contributed by atoms with Crippen molar-refractivity contribution in [3.63, 3.8) is 0 Å². The monoisotopic (exact) mass is 234 g/mol. The molecule has 0 bridgehead atoms. The van der Waals surface area contributed by atoms with Crippen molar-refractivity contribution in [3.05, 3.63) is 78.1 Å². The van der Waals surface area contributed by atoms with Crippen LogP contribution in [-0.4, -0.2) is 4.98 Å². The van der Waals surface area contributed by atoms with Gasteiger partial charge in [0, 0.05) is 11.6 Å². The third-order valence-corrected chi connectivity index (χ3v) is 3.13. The van der Waals surface area contributed by atoms with E-state index in [1.807, 2.05) is 48.7 Å². The third kappa shape index (κ3) is 1.98. The molecule has 0 spiro atoms. The van der Waals surface area contributed by atoms with E-state index in [1.54, 1.807) is 0 Å². The number of fused-ring (bicyclic) bond motifs is 1. The number of hydrogen-bond acceptors (Lipinski definition) is 2. The molecule has 0 radical (unpaired) electrons. The van der Waals surface area contributed by atoms with Gasteiger partial charge in [-0.05, 0) is 17.0 Å². The Balaban J connectivity index is 2.04. The Morgan fingerprint density at radius 2 is 1.50 bits per heavy atom. The van der Waals surface area contributed by atoms with Gasteiger partial charge in [0.1, 0.15) is 0 Å². The summed E-state index contributed by atoms with van der Waals surface area (Å²) in [4.78, 5) is 4.46. The normalized spacial score (nSPS) is 12.5. The van der Waals surface area contributed by atoms with Crippen molar-refractivity contribution in [2.75, 3.05) is 0 Å². The van der Waals surface area contributed by atoms with Crippen molar-refractivity contribution in [3.8, 4) is 0 Å². The highest BCUT2D eigenvalue weighted by Gasteiger charge is 2.10. The Morgan fingerprint density at radius 3 is 2.28 bits per heavy atom. The maximum Gasteiger partial charge on any atom is 0.0726 e. The molecule has 1 aromatic heterocycles. The summed E-state index contributed by atoms with van der Waals surface area (Å²) >= 11 is 0. The summed E-state index contributed by atoms with van der Waals surface area (Å²) < 4.78 is 0. The van der Waals surface area contributed by atoms with Crippen LogP contribution in [0.15, 0.2) is 66.9 Å². The standard InChI is InChI=1S/C16H14N2/c17-16(12-6-2-1-3-7-12)15-10-13-8-4-5-9-14(13)11-18-15/h1-11,16H,17H2. The molecule has 0 aliphatic carbocycles. The number of nitrogens with zero attached hydrogens (tertiary/aromatic N) is 1. The first-order chi connectivity index (χ1) is 8.84. The number of aromatic nitrogens is 1. The zero-order valence-corrected chi connectivity index (χ0v) is 9.95. The molecule has 3 rings (SSSR count). The molecule has 2 heteroatoms. The Labute approximate surface area is 106 Å². The molecule has 1 heterocycles. The van der Waals surface area contributed by atoms with Gasteiger partial charge >= 0.3 is 0 Å². The molecule has 2 nitrogen and oxygen atoms in total. The van der Waals surface area contributed by atoms with Crippen LogP contribution < -0.4 is 5.73 Å². The second-order valence-electron chi connectivity index (χ2n) is 4.34. The van der Waals surface area contributed by atoms with Gasteiger partial charge in [-0.1, -0.05) is 54.6 Å². The highest BCUT2D eigenvalue weighted by atomic mass is 14.8. The number of rotatable bonds is 2. The average Bonchev–Trinajstić information content (AvgIpc) is 2.47. The average molecular weight is 234 g/mol. The van der Waals surface area contributed by atoms with E-state index in [0.717, 1.165) is 16.6 Å². The predicted molar refractivity (Wildman–Crippen MR) is 74.2 cm³/mol. The summed E-state index contributed by atoms with van der Waals surface area (Å²) in [7, 11) is 0. The molecular formula is C16H14N2. The quantitative estimate of drug-likeness (QED) is 0.739. The summed E-state index contributed by atoms with van der Waals surface area (Å²) in [5.41, 5.74) is 8.23. The minimum Gasteiger partial charge on any atom is -0.319 e. The summed E-state index contributed by atoms with van der Waals surface area (Å²) in [6, 6.07) is 20.1. The van der Waals surface area contributed by atoms with Gasteiger partial charge in [-0.25, -0.2) is 0 Å². The molecule has 88 valence electrons. The first-order valence-corrected chi connectivity index (χ1v) is 6.00. The van der Waals surface area contributed by atoms with Gasteiger partial charge in [0.15, 0.2) is 0 Å². The van der Waals surface area contributed by atoms with Crippen LogP contribution in [0.5, 0.6) is 0 Å². The smallest absolute Gasteiger partial charge is 0.0726 e. The van der Waals surface area contributed by atoms with E-state index >= 15 is 0 Å². The van der Waals surface area contributed by atoms with E-state index in [-0.39, 0.29) is 6.04 Å². The van der Waals surface area contributed by atoms with Crippen LogP contribution in [0, 0.1) is 0 Å². The molecule has 0 saturated carbocycles. The van der Waals surface area contributed by atoms with E-state index in [2.05, 4.69) is 23.2 Å². The van der Waals surface area contributed by atoms with Gasteiger partial charge in [-0.2, -0.15) is 0 Å². The Kier molecular flexibility index (Phi) is 2.79. The molecule has 0 fully saturated rings. The van der Waals surface area contributed by atoms with Gasteiger partial charge in [0.25, 0.3) is 0 Å². The van der Waals surface area contributed by atoms with E-state index in [9.17, 15) is 0 Å². The highest BCUT2D eigenvalue weighted by molar-refractivity contribution is 5.81. The van der Waals surface area contributed by atoms with Gasteiger partial charge < -0.3 is 5.73 Å². The lowest BCUT2D eigenvalue weighted by Crippen LogP contribution is -2.13. The minimum absolute atomic E-state index is 0.171. The van der Waals surface area contributed by atoms with Gasteiger partial charge in [-0.15, -0.1) is 0 Å². The van der Waals surface area contributed by atoms with Crippen LogP contribution in [0.25, 0.3) is 10.8 Å². The molecular weight excluding hydrogens is 220 g/mol. The van der Waals surface area contributed by atoms with Crippen LogP contribution in [0.1, 0.15) is 17.3 Å². The zero-order valence-electron chi connectivity index (χ0n) is 9.95. The summed E-state index contributed by atoms with van der Waals surface area (Å²) in [6.07, 6.45) is 1.88. The SMILES string of the molecule is NC(c1ccccc1)c1cc2ccccc2cn1. The number of benzene rings is 2. The maximum absolute atomic E-state index is 6.24. The molecule has 1 atom stereocenters. The van der Waals surface area contributed by atoms with E-state index in [0.29, 0.717) is 0 Å². The topological polar surface area (TPSA) is 38.9 Å². The molecule has 0 saturated heterocycles. The summed E-state index contributed by atoms with van der Waals surface area (Å²) in [5, 5.41) is 2.32. The Morgan fingerprint density at radius 1 is 0.833 bits per heavy atom. The largest absolute Gasteiger partial charge is 0.319 e. The van der Waals surface area contributed by atoms with Gasteiger partial charge in [0.05, 0.1) is 11.7 Å². The van der Waals surface area contributed by atoms with Gasteiger partial charge in [-0.3, -0.25) is 4.98 Å². The second-order valence-corrected chi connectivity index (χ2v) is 4.34. The van der Waals surface area contributed by atoms with E-state index < -0.39 is 0 Å². The van der Waals surface area contributed by atoms with Crippen molar-refractivity contribution >= 4 is 10.8 Å². The molecule has 2 aromatic carbocycles. The molecule has 3 aromatic rings. The lowest BCUT2D eigenvalue weighted by atomic mass is 10.0. The molecule has 2 N–H and O–H groups in total. The van der Waals surface area contributed by atoms with Crippen molar-refractivity contribution in [1.29, 1.82) is 0 Å². The fourth-order valence-corrected chi connectivity index (χ4v) is 2.10. The minimum atomic E-state index is -0.171. The number of nitrogens with two attached hydrogens (primary N) is 1. The highest BCUT2D eigenvalue weighted by Crippen LogP contribution is 2.21. The van der Waals surface area contributed by atoms with Crippen LogP contribution >= 0.6 is 0 Å². The molecule has 0 amide bonds. The number of pyridine rings is 1. The molecule has 18 heavy (non-hydrogen) atoms. The van der Waals surface area contributed by atoms with Crippen LogP contribution in [-0.2, 0) is 0 Å². The summed E-state index contributed by atoms with van der Waals surface area (Å²) in [6.45, 7) is 0. The second kappa shape index (κ2) is 4.59. The lowest BCUT2D eigenvalue weighted by molar-refractivity contribution is 0.832. The van der Waals surface area contributed by atoms with Crippen molar-refractivity contribution in [1.82, 2.24) is 4.98 Å². The first kappa shape index (κ1) is 10.9. The van der Waals surface area contributed by atoms with Gasteiger partial charge in [0.2, 0.25) is 0 Å². The van der Waals surface area contributed by atoms with Crippen LogP contribution in [0.2, 0.25) is 0 Å².